The highest BCUT2D eigenvalue weighted by Crippen LogP contribution is 2.33. The van der Waals surface area contributed by atoms with Crippen LogP contribution in [-0.2, 0) is 6.61 Å². The molecule has 0 spiro atoms. The Bertz CT molecular complexity index is 647. The Labute approximate surface area is 110 Å². The molecule has 1 aromatic heterocycles. The fourth-order valence-corrected chi connectivity index (χ4v) is 1.95. The van der Waals surface area contributed by atoms with Crippen molar-refractivity contribution >= 4 is 0 Å². The topological polar surface area (TPSA) is 64.3 Å². The molecule has 0 amide bonds. The zero-order valence-corrected chi connectivity index (χ0v) is 10.3. The maximum absolute atomic E-state index is 12.2. The van der Waals surface area contributed by atoms with E-state index >= 15 is 0 Å². The minimum Gasteiger partial charge on any atom is -0.434 e. The molecule has 1 aromatic carbocycles. The second-order valence-electron chi connectivity index (χ2n) is 4.54. The van der Waals surface area contributed by atoms with E-state index in [4.69, 9.17) is 4.74 Å². The molecular formula is C14H14N2O3. The van der Waals surface area contributed by atoms with Crippen molar-refractivity contribution in [3.63, 3.8) is 0 Å². The average Bonchev–Trinajstić information content (AvgIpc) is 3.26. The van der Waals surface area contributed by atoms with Gasteiger partial charge in [-0.3, -0.25) is 4.79 Å². The minimum absolute atomic E-state index is 0.0512. The highest BCUT2D eigenvalue weighted by atomic mass is 16.5. The molecule has 98 valence electrons. The Kier molecular flexibility index (Phi) is 3.05. The van der Waals surface area contributed by atoms with Gasteiger partial charge >= 0.3 is 5.56 Å². The molecule has 5 nitrogen and oxygen atoms in total. The van der Waals surface area contributed by atoms with Crippen LogP contribution in [0.25, 0.3) is 0 Å². The maximum Gasteiger partial charge on any atom is 0.313 e. The lowest BCUT2D eigenvalue weighted by Gasteiger charge is -2.09. The van der Waals surface area contributed by atoms with Crippen LogP contribution >= 0.6 is 0 Å². The van der Waals surface area contributed by atoms with Crippen molar-refractivity contribution in [2.24, 2.45) is 0 Å². The third kappa shape index (κ3) is 2.37. The van der Waals surface area contributed by atoms with Gasteiger partial charge in [-0.15, -0.1) is 0 Å². The Balaban J connectivity index is 1.95. The summed E-state index contributed by atoms with van der Waals surface area (Å²) in [5, 5.41) is 9.23. The zero-order chi connectivity index (χ0) is 13.2. The molecular weight excluding hydrogens is 244 g/mol. The molecule has 1 saturated carbocycles. The highest BCUT2D eigenvalue weighted by Gasteiger charge is 2.25. The van der Waals surface area contributed by atoms with Crippen molar-refractivity contribution in [1.82, 2.24) is 9.55 Å². The fraction of sp³-hybridized carbons (Fsp3) is 0.286. The number of hydrogen-bond donors (Lipinski definition) is 1. The lowest BCUT2D eigenvalue weighted by molar-refractivity contribution is 0.276. The van der Waals surface area contributed by atoms with Gasteiger partial charge in [-0.05, 0) is 18.9 Å². The first-order valence-electron chi connectivity index (χ1n) is 6.23. The summed E-state index contributed by atoms with van der Waals surface area (Å²) in [6, 6.07) is 7.33. The summed E-state index contributed by atoms with van der Waals surface area (Å²) in [5.41, 5.74) is 0.406. The van der Waals surface area contributed by atoms with Crippen LogP contribution in [-0.4, -0.2) is 14.7 Å². The number of rotatable bonds is 4. The third-order valence-electron chi connectivity index (χ3n) is 3.13. The van der Waals surface area contributed by atoms with E-state index in [1.165, 1.54) is 0 Å². The van der Waals surface area contributed by atoms with E-state index in [0.29, 0.717) is 11.3 Å². The number of benzene rings is 1. The molecule has 0 saturated heterocycles. The van der Waals surface area contributed by atoms with Gasteiger partial charge in [0.1, 0.15) is 5.75 Å². The number of aliphatic hydroxyl groups excluding tert-OH is 1. The van der Waals surface area contributed by atoms with Crippen LogP contribution in [0.5, 0.6) is 11.6 Å². The Hall–Kier alpha value is -2.14. The van der Waals surface area contributed by atoms with Gasteiger partial charge in [0.2, 0.25) is 0 Å². The van der Waals surface area contributed by atoms with Crippen molar-refractivity contribution in [2.45, 2.75) is 25.5 Å². The third-order valence-corrected chi connectivity index (χ3v) is 3.13. The van der Waals surface area contributed by atoms with Gasteiger partial charge in [0.25, 0.3) is 5.88 Å². The van der Waals surface area contributed by atoms with Gasteiger partial charge in [0.15, 0.2) is 0 Å². The molecule has 1 fully saturated rings. The molecule has 1 N–H and O–H groups in total. The van der Waals surface area contributed by atoms with Crippen molar-refractivity contribution in [3.8, 4) is 11.6 Å². The van der Waals surface area contributed by atoms with Gasteiger partial charge < -0.3 is 14.4 Å². The highest BCUT2D eigenvalue weighted by molar-refractivity contribution is 5.35. The van der Waals surface area contributed by atoms with Crippen LogP contribution < -0.4 is 10.3 Å². The van der Waals surface area contributed by atoms with E-state index in [9.17, 15) is 9.90 Å². The van der Waals surface area contributed by atoms with Crippen molar-refractivity contribution in [3.05, 3.63) is 52.6 Å². The Morgan fingerprint density at radius 2 is 2.16 bits per heavy atom. The average molecular weight is 258 g/mol. The smallest absolute Gasteiger partial charge is 0.313 e. The van der Waals surface area contributed by atoms with Gasteiger partial charge in [-0.25, -0.2) is 4.98 Å². The summed E-state index contributed by atoms with van der Waals surface area (Å²) in [7, 11) is 0. The normalized spacial score (nSPS) is 14.4. The van der Waals surface area contributed by atoms with Gasteiger partial charge in [-0.1, -0.05) is 18.2 Å². The predicted molar refractivity (Wildman–Crippen MR) is 69.2 cm³/mol. The predicted octanol–water partition coefficient (Wildman–Crippen LogP) is 1.86. The molecule has 1 heterocycles. The molecule has 19 heavy (non-hydrogen) atoms. The largest absolute Gasteiger partial charge is 0.434 e. The first-order valence-corrected chi connectivity index (χ1v) is 6.23. The van der Waals surface area contributed by atoms with E-state index in [-0.39, 0.29) is 24.1 Å². The molecule has 0 aliphatic heterocycles. The molecule has 5 heteroatoms. The number of nitrogens with zero attached hydrogens (tertiary/aromatic N) is 2. The second kappa shape index (κ2) is 4.85. The van der Waals surface area contributed by atoms with Crippen molar-refractivity contribution < 1.29 is 9.84 Å². The van der Waals surface area contributed by atoms with Crippen LogP contribution in [0.2, 0.25) is 0 Å². The van der Waals surface area contributed by atoms with Gasteiger partial charge in [0, 0.05) is 24.0 Å². The Morgan fingerprint density at radius 1 is 1.37 bits per heavy atom. The standard InChI is InChI=1S/C14H14N2O3/c17-9-10-3-1-2-4-12(10)19-13-14(18)16(8-7-15-13)11-5-6-11/h1-4,7-8,11,17H,5-6,9H2. The van der Waals surface area contributed by atoms with E-state index in [1.807, 2.05) is 0 Å². The first kappa shape index (κ1) is 11.9. The number of para-hydroxylation sites is 1. The van der Waals surface area contributed by atoms with Gasteiger partial charge in [0.05, 0.1) is 6.61 Å². The quantitative estimate of drug-likeness (QED) is 0.909. The number of aromatic nitrogens is 2. The lowest BCUT2D eigenvalue weighted by Crippen LogP contribution is -2.20. The molecule has 1 aliphatic rings. The summed E-state index contributed by atoms with van der Waals surface area (Å²) in [5.74, 6) is 0.512. The van der Waals surface area contributed by atoms with E-state index in [1.54, 1.807) is 41.2 Å². The summed E-state index contributed by atoms with van der Waals surface area (Å²) in [4.78, 5) is 16.1. The molecule has 0 atom stereocenters. The van der Waals surface area contributed by atoms with E-state index in [0.717, 1.165) is 12.8 Å². The second-order valence-corrected chi connectivity index (χ2v) is 4.54. The number of aliphatic hydroxyl groups is 1. The molecule has 2 aromatic rings. The van der Waals surface area contributed by atoms with Gasteiger partial charge in [-0.2, -0.15) is 0 Å². The van der Waals surface area contributed by atoms with Crippen LogP contribution in [0.15, 0.2) is 41.5 Å². The molecule has 0 bridgehead atoms. The SMILES string of the molecule is O=c1c(Oc2ccccc2CO)nccn1C1CC1. The van der Waals surface area contributed by atoms with Crippen molar-refractivity contribution in [1.29, 1.82) is 0 Å². The summed E-state index contributed by atoms with van der Waals surface area (Å²) in [6.07, 6.45) is 5.30. The van der Waals surface area contributed by atoms with Crippen LogP contribution in [0, 0.1) is 0 Å². The summed E-state index contributed by atoms with van der Waals surface area (Å²) >= 11 is 0. The minimum atomic E-state index is -0.224. The monoisotopic (exact) mass is 258 g/mol. The summed E-state index contributed by atoms with van der Waals surface area (Å²) in [6.45, 7) is -0.139. The summed E-state index contributed by atoms with van der Waals surface area (Å²) < 4.78 is 7.20. The Morgan fingerprint density at radius 3 is 2.89 bits per heavy atom. The first-order chi connectivity index (χ1) is 9.29. The van der Waals surface area contributed by atoms with Crippen LogP contribution in [0.1, 0.15) is 24.4 Å². The maximum atomic E-state index is 12.2. The van der Waals surface area contributed by atoms with Crippen LogP contribution in [0.4, 0.5) is 0 Å². The zero-order valence-electron chi connectivity index (χ0n) is 10.3. The van der Waals surface area contributed by atoms with E-state index < -0.39 is 0 Å². The van der Waals surface area contributed by atoms with Crippen molar-refractivity contribution in [2.75, 3.05) is 0 Å². The molecule has 3 rings (SSSR count). The van der Waals surface area contributed by atoms with E-state index in [2.05, 4.69) is 4.98 Å². The van der Waals surface area contributed by atoms with Crippen LogP contribution in [0.3, 0.4) is 0 Å². The molecule has 0 unspecified atom stereocenters. The molecule has 1 aliphatic carbocycles. The number of ether oxygens (including phenoxy) is 1. The number of hydrogen-bond acceptors (Lipinski definition) is 4. The lowest BCUT2D eigenvalue weighted by atomic mass is 10.2. The fourth-order valence-electron chi connectivity index (χ4n) is 1.95. The molecule has 0 radical (unpaired) electrons.